The lowest BCUT2D eigenvalue weighted by atomic mass is 10.1. The first-order valence-corrected chi connectivity index (χ1v) is 12.2. The van der Waals surface area contributed by atoms with Crippen LogP contribution in [0.1, 0.15) is 40.6 Å². The molecule has 1 aliphatic rings. The molecule has 162 valence electrons. The van der Waals surface area contributed by atoms with Gasteiger partial charge in [0.05, 0.1) is 11.7 Å². The first-order valence-electron chi connectivity index (χ1n) is 10.5. The molecule has 1 aliphatic heterocycles. The summed E-state index contributed by atoms with van der Waals surface area (Å²) in [6.07, 6.45) is 7.62. The van der Waals surface area contributed by atoms with Crippen molar-refractivity contribution in [3.63, 3.8) is 0 Å². The summed E-state index contributed by atoms with van der Waals surface area (Å²) in [5, 5.41) is 5.68. The van der Waals surface area contributed by atoms with Crippen LogP contribution in [0.2, 0.25) is 0 Å². The minimum absolute atomic E-state index is 0.160. The van der Waals surface area contributed by atoms with Crippen molar-refractivity contribution in [1.82, 2.24) is 14.5 Å². The molecule has 8 heteroatoms. The minimum Gasteiger partial charge on any atom is -0.363 e. The number of nitrogens with zero attached hydrogens (tertiary/aromatic N) is 4. The molecule has 0 spiro atoms. The van der Waals surface area contributed by atoms with Gasteiger partial charge in [0.2, 0.25) is 0 Å². The lowest BCUT2D eigenvalue weighted by molar-refractivity contribution is 0.101. The summed E-state index contributed by atoms with van der Waals surface area (Å²) >= 11 is 5.00. The third kappa shape index (κ3) is 4.33. The van der Waals surface area contributed by atoms with E-state index in [0.717, 1.165) is 35.1 Å². The molecule has 3 aromatic heterocycles. The summed E-state index contributed by atoms with van der Waals surface area (Å²) in [7, 11) is 0. The highest BCUT2D eigenvalue weighted by atomic mass is 79.9. The number of amides is 1. The number of anilines is 2. The second kappa shape index (κ2) is 9.26. The molecule has 1 saturated heterocycles. The van der Waals surface area contributed by atoms with Crippen LogP contribution in [0.3, 0.4) is 0 Å². The highest BCUT2D eigenvalue weighted by Gasteiger charge is 2.28. The fraction of sp³-hybridized carbons (Fsp3) is 0.208. The van der Waals surface area contributed by atoms with Crippen LogP contribution >= 0.6 is 27.3 Å². The number of aromatic nitrogens is 3. The summed E-state index contributed by atoms with van der Waals surface area (Å²) in [5.74, 6) is -0.160. The first kappa shape index (κ1) is 20.9. The van der Waals surface area contributed by atoms with Gasteiger partial charge in [-0.15, -0.1) is 11.3 Å². The predicted octanol–water partition coefficient (Wildman–Crippen LogP) is 5.74. The molecule has 0 unspecified atom stereocenters. The van der Waals surface area contributed by atoms with Crippen LogP contribution in [0.5, 0.6) is 0 Å². The molecule has 1 fully saturated rings. The summed E-state index contributed by atoms with van der Waals surface area (Å²) in [4.78, 5) is 24.3. The van der Waals surface area contributed by atoms with Crippen molar-refractivity contribution in [2.24, 2.45) is 0 Å². The van der Waals surface area contributed by atoms with Crippen molar-refractivity contribution >= 4 is 44.0 Å². The van der Waals surface area contributed by atoms with E-state index in [1.54, 1.807) is 12.4 Å². The van der Waals surface area contributed by atoms with E-state index in [9.17, 15) is 4.79 Å². The number of rotatable bonds is 6. The number of halogens is 1. The molecule has 0 bridgehead atoms. The number of carbonyl (C=O) groups is 1. The molecule has 0 saturated carbocycles. The summed E-state index contributed by atoms with van der Waals surface area (Å²) < 4.78 is 2.85. The topological polar surface area (TPSA) is 63.1 Å². The summed E-state index contributed by atoms with van der Waals surface area (Å²) in [6.45, 7) is 1.60. The molecule has 4 heterocycles. The second-order valence-corrected chi connectivity index (χ2v) is 9.42. The highest BCUT2D eigenvalue weighted by Crippen LogP contribution is 2.37. The largest absolute Gasteiger partial charge is 0.363 e. The van der Waals surface area contributed by atoms with Gasteiger partial charge < -0.3 is 9.47 Å². The first-order chi connectivity index (χ1) is 15.7. The monoisotopic (exact) mass is 507 g/mol. The van der Waals surface area contributed by atoms with E-state index in [1.807, 2.05) is 35.0 Å². The fourth-order valence-electron chi connectivity index (χ4n) is 4.13. The molecule has 1 atom stereocenters. The van der Waals surface area contributed by atoms with E-state index in [0.29, 0.717) is 17.4 Å². The summed E-state index contributed by atoms with van der Waals surface area (Å²) in [5.41, 5.74) is 3.89. The zero-order valence-electron chi connectivity index (χ0n) is 17.3. The molecule has 5 rings (SSSR count). The Balaban J connectivity index is 1.30. The average molecular weight is 508 g/mol. The maximum absolute atomic E-state index is 13.0. The van der Waals surface area contributed by atoms with E-state index in [2.05, 4.69) is 60.8 Å². The number of benzene rings is 1. The molecule has 6 nitrogen and oxygen atoms in total. The minimum atomic E-state index is -0.160. The third-order valence-corrected chi connectivity index (χ3v) is 7.17. The van der Waals surface area contributed by atoms with Crippen LogP contribution in [0.4, 0.5) is 10.8 Å². The number of thiazole rings is 1. The average Bonchev–Trinajstić information content (AvgIpc) is 3.56. The van der Waals surface area contributed by atoms with Crippen molar-refractivity contribution in [1.29, 1.82) is 0 Å². The Bertz CT molecular complexity index is 1220. The lowest BCUT2D eigenvalue weighted by Crippen LogP contribution is -2.22. The van der Waals surface area contributed by atoms with Gasteiger partial charge >= 0.3 is 0 Å². The lowest BCUT2D eigenvalue weighted by Gasteiger charge is -2.25. The Morgan fingerprint density at radius 1 is 1.19 bits per heavy atom. The molecule has 1 aromatic carbocycles. The van der Waals surface area contributed by atoms with Crippen LogP contribution in [0, 0.1) is 0 Å². The van der Waals surface area contributed by atoms with Gasteiger partial charge in [-0.1, -0.05) is 18.2 Å². The quantitative estimate of drug-likeness (QED) is 0.361. The number of para-hydroxylation sites is 1. The van der Waals surface area contributed by atoms with Gasteiger partial charge in [0.25, 0.3) is 5.91 Å². The SMILES string of the molecule is O=C(Nc1nc([C@H]2CCCN2c2ccccc2)cs1)c1cccn1Cc1ccncc1Br. The predicted molar refractivity (Wildman–Crippen MR) is 131 cm³/mol. The number of hydrogen-bond acceptors (Lipinski definition) is 5. The van der Waals surface area contributed by atoms with Crippen LogP contribution in [-0.4, -0.2) is 27.0 Å². The van der Waals surface area contributed by atoms with E-state index in [4.69, 9.17) is 4.98 Å². The van der Waals surface area contributed by atoms with Gasteiger partial charge in [0, 0.05) is 47.2 Å². The fourth-order valence-corrected chi connectivity index (χ4v) is 5.26. The van der Waals surface area contributed by atoms with Crippen molar-refractivity contribution < 1.29 is 4.79 Å². The number of carbonyl (C=O) groups excluding carboxylic acids is 1. The van der Waals surface area contributed by atoms with E-state index in [1.165, 1.54) is 17.0 Å². The van der Waals surface area contributed by atoms with E-state index < -0.39 is 0 Å². The molecule has 0 aliphatic carbocycles. The van der Waals surface area contributed by atoms with Gasteiger partial charge in [0.15, 0.2) is 5.13 Å². The molecule has 32 heavy (non-hydrogen) atoms. The number of nitrogens with one attached hydrogen (secondary N) is 1. The maximum Gasteiger partial charge on any atom is 0.274 e. The standard InChI is InChI=1S/C24H22BrN5OS/c25-19-14-26-11-10-17(19)15-29-12-4-9-22(29)23(31)28-24-27-20(16-32-24)21-8-5-13-30(21)18-6-2-1-3-7-18/h1-4,6-7,9-12,14,16,21H,5,8,13,15H2,(H,27,28,31)/t21-/m1/s1. The van der Waals surface area contributed by atoms with Crippen LogP contribution in [0.15, 0.2) is 77.0 Å². The van der Waals surface area contributed by atoms with E-state index >= 15 is 0 Å². The Morgan fingerprint density at radius 2 is 2.06 bits per heavy atom. The zero-order chi connectivity index (χ0) is 21.9. The highest BCUT2D eigenvalue weighted by molar-refractivity contribution is 9.10. The molecule has 0 radical (unpaired) electrons. The van der Waals surface area contributed by atoms with Gasteiger partial charge in [-0.05, 0) is 64.7 Å². The molecule has 1 amide bonds. The number of hydrogen-bond donors (Lipinski definition) is 1. The zero-order valence-corrected chi connectivity index (χ0v) is 19.7. The second-order valence-electron chi connectivity index (χ2n) is 7.71. The van der Waals surface area contributed by atoms with Crippen LogP contribution in [-0.2, 0) is 6.54 Å². The third-order valence-electron chi connectivity index (χ3n) is 5.68. The molecular formula is C24H22BrN5OS. The van der Waals surface area contributed by atoms with Gasteiger partial charge in [-0.2, -0.15) is 0 Å². The summed E-state index contributed by atoms with van der Waals surface area (Å²) in [6, 6.07) is 16.3. The van der Waals surface area contributed by atoms with Gasteiger partial charge in [-0.25, -0.2) is 4.98 Å². The van der Waals surface area contributed by atoms with Crippen LogP contribution in [0.25, 0.3) is 0 Å². The Hall–Kier alpha value is -2.97. The van der Waals surface area contributed by atoms with Gasteiger partial charge in [0.1, 0.15) is 5.69 Å². The molecule has 1 N–H and O–H groups in total. The Labute approximate surface area is 199 Å². The van der Waals surface area contributed by atoms with Crippen molar-refractivity contribution in [3.8, 4) is 0 Å². The molecule has 4 aromatic rings. The van der Waals surface area contributed by atoms with Crippen molar-refractivity contribution in [2.45, 2.75) is 25.4 Å². The Morgan fingerprint density at radius 3 is 2.91 bits per heavy atom. The van der Waals surface area contributed by atoms with E-state index in [-0.39, 0.29) is 11.9 Å². The normalized spacial score (nSPS) is 15.8. The smallest absolute Gasteiger partial charge is 0.274 e. The number of pyridine rings is 1. The van der Waals surface area contributed by atoms with Crippen molar-refractivity contribution in [2.75, 3.05) is 16.8 Å². The Kier molecular flexibility index (Phi) is 6.05. The van der Waals surface area contributed by atoms with Crippen molar-refractivity contribution in [3.05, 3.63) is 93.9 Å². The molecular weight excluding hydrogens is 486 g/mol. The maximum atomic E-state index is 13.0. The van der Waals surface area contributed by atoms with Gasteiger partial charge in [-0.3, -0.25) is 15.1 Å². The van der Waals surface area contributed by atoms with Crippen LogP contribution < -0.4 is 10.2 Å².